The summed E-state index contributed by atoms with van der Waals surface area (Å²) in [4.78, 5) is 27.2. The molecular formula is C24H31N3O4. The zero-order valence-electron chi connectivity index (χ0n) is 18.6. The number of urea groups is 1. The highest BCUT2D eigenvalue weighted by molar-refractivity contribution is 5.94. The lowest BCUT2D eigenvalue weighted by Crippen LogP contribution is -2.43. The van der Waals surface area contributed by atoms with Crippen LogP contribution in [0.25, 0.3) is 0 Å². The van der Waals surface area contributed by atoms with Crippen molar-refractivity contribution in [2.45, 2.75) is 26.7 Å². The number of anilines is 2. The number of amides is 3. The van der Waals surface area contributed by atoms with Crippen LogP contribution in [0.15, 0.2) is 42.5 Å². The van der Waals surface area contributed by atoms with Gasteiger partial charge in [-0.05, 0) is 49.9 Å². The molecule has 3 amide bonds. The van der Waals surface area contributed by atoms with Crippen LogP contribution >= 0.6 is 0 Å². The number of rotatable bonds is 6. The third-order valence-electron chi connectivity index (χ3n) is 5.91. The Labute approximate surface area is 183 Å². The summed E-state index contributed by atoms with van der Waals surface area (Å²) in [5, 5.41) is 5.91. The predicted molar refractivity (Wildman–Crippen MR) is 122 cm³/mol. The Hall–Kier alpha value is -3.22. The molecule has 0 aromatic heterocycles. The van der Waals surface area contributed by atoms with Crippen molar-refractivity contribution < 1.29 is 19.1 Å². The Balaban J connectivity index is 1.53. The highest BCUT2D eigenvalue weighted by Crippen LogP contribution is 2.31. The van der Waals surface area contributed by atoms with E-state index in [0.29, 0.717) is 30.3 Å². The van der Waals surface area contributed by atoms with Crippen molar-refractivity contribution in [2.75, 3.05) is 37.9 Å². The molecule has 0 saturated carbocycles. The number of hydrogen-bond acceptors (Lipinski definition) is 4. The summed E-state index contributed by atoms with van der Waals surface area (Å²) in [7, 11) is 3.15. The number of benzene rings is 2. The summed E-state index contributed by atoms with van der Waals surface area (Å²) < 4.78 is 10.6. The van der Waals surface area contributed by atoms with Gasteiger partial charge in [0, 0.05) is 30.8 Å². The Morgan fingerprint density at radius 3 is 2.29 bits per heavy atom. The smallest absolute Gasteiger partial charge is 0.321 e. The molecule has 1 fully saturated rings. The third kappa shape index (κ3) is 5.69. The van der Waals surface area contributed by atoms with E-state index in [9.17, 15) is 9.59 Å². The minimum atomic E-state index is -0.182. The third-order valence-corrected chi connectivity index (χ3v) is 5.91. The number of nitrogens with one attached hydrogen (secondary N) is 2. The maximum absolute atomic E-state index is 12.9. The summed E-state index contributed by atoms with van der Waals surface area (Å²) in [6.07, 6.45) is 1.57. The number of carbonyl (C=O) groups is 2. The Morgan fingerprint density at radius 2 is 1.68 bits per heavy atom. The van der Waals surface area contributed by atoms with Gasteiger partial charge in [0.25, 0.3) is 0 Å². The quantitative estimate of drug-likeness (QED) is 0.713. The number of methoxy groups -OCH3 is 2. The molecule has 7 nitrogen and oxygen atoms in total. The highest BCUT2D eigenvalue weighted by Gasteiger charge is 2.30. The average Bonchev–Trinajstić information content (AvgIpc) is 2.80. The van der Waals surface area contributed by atoms with Crippen molar-refractivity contribution >= 4 is 23.3 Å². The van der Waals surface area contributed by atoms with Crippen molar-refractivity contribution in [3.63, 3.8) is 0 Å². The molecule has 1 aliphatic rings. The summed E-state index contributed by atoms with van der Waals surface area (Å²) >= 11 is 0. The summed E-state index contributed by atoms with van der Waals surface area (Å²) in [6.45, 7) is 5.21. The lowest BCUT2D eigenvalue weighted by Gasteiger charge is -2.34. The first kappa shape index (κ1) is 22.5. The number of aryl methyl sites for hydroxylation is 1. The van der Waals surface area contributed by atoms with Crippen LogP contribution in [-0.4, -0.2) is 44.1 Å². The van der Waals surface area contributed by atoms with E-state index in [-0.39, 0.29) is 23.8 Å². The van der Waals surface area contributed by atoms with Gasteiger partial charge in [0.05, 0.1) is 19.9 Å². The zero-order chi connectivity index (χ0) is 22.4. The van der Waals surface area contributed by atoms with Gasteiger partial charge in [0.1, 0.15) is 11.5 Å². The second-order valence-corrected chi connectivity index (χ2v) is 7.96. The fraction of sp³-hybridized carbons (Fsp3) is 0.417. The lowest BCUT2D eigenvalue weighted by molar-refractivity contribution is -0.121. The van der Waals surface area contributed by atoms with E-state index in [2.05, 4.69) is 10.6 Å². The minimum absolute atomic E-state index is 0.0610. The van der Waals surface area contributed by atoms with Gasteiger partial charge in [-0.2, -0.15) is 0 Å². The van der Waals surface area contributed by atoms with Gasteiger partial charge in [-0.25, -0.2) is 4.79 Å². The van der Waals surface area contributed by atoms with E-state index in [1.165, 1.54) is 0 Å². The largest absolute Gasteiger partial charge is 0.497 e. The normalized spacial score (nSPS) is 15.2. The number of carbonyl (C=O) groups excluding carboxylic acids is 2. The molecule has 3 rings (SSSR count). The standard InChI is InChI=1S/C24H31N3O4/c1-16-5-7-19(8-6-16)25-24(29)27-13-11-18(12-14-27)17(2)23(28)26-21-15-20(30-3)9-10-22(21)31-4/h5-10,15,17-18H,11-14H2,1-4H3,(H,25,29)(H,26,28). The summed E-state index contributed by atoms with van der Waals surface area (Å²) in [6, 6.07) is 13.0. The molecule has 1 heterocycles. The van der Waals surface area contributed by atoms with Crippen LogP contribution < -0.4 is 20.1 Å². The van der Waals surface area contributed by atoms with Crippen molar-refractivity contribution in [1.82, 2.24) is 4.90 Å². The minimum Gasteiger partial charge on any atom is -0.497 e. The number of nitrogens with zero attached hydrogens (tertiary/aromatic N) is 1. The zero-order valence-corrected chi connectivity index (χ0v) is 18.6. The molecule has 1 saturated heterocycles. The van der Waals surface area contributed by atoms with Gasteiger partial charge in [0.15, 0.2) is 0 Å². The van der Waals surface area contributed by atoms with E-state index < -0.39 is 0 Å². The summed E-state index contributed by atoms with van der Waals surface area (Å²) in [5.74, 6) is 1.20. The molecular weight excluding hydrogens is 394 g/mol. The second-order valence-electron chi connectivity index (χ2n) is 7.96. The molecule has 0 aliphatic carbocycles. The van der Waals surface area contributed by atoms with Crippen LogP contribution in [0, 0.1) is 18.8 Å². The maximum atomic E-state index is 12.9. The van der Waals surface area contributed by atoms with E-state index >= 15 is 0 Å². The molecule has 2 aromatic carbocycles. The Kier molecular flexibility index (Phi) is 7.39. The first-order valence-corrected chi connectivity index (χ1v) is 10.6. The molecule has 0 spiro atoms. The number of hydrogen-bond donors (Lipinski definition) is 2. The van der Waals surface area contributed by atoms with Crippen LogP contribution in [0.1, 0.15) is 25.3 Å². The van der Waals surface area contributed by atoms with Crippen LogP contribution in [0.3, 0.4) is 0 Å². The van der Waals surface area contributed by atoms with Gasteiger partial charge in [-0.15, -0.1) is 0 Å². The summed E-state index contributed by atoms with van der Waals surface area (Å²) in [5.41, 5.74) is 2.53. The Morgan fingerprint density at radius 1 is 1.00 bits per heavy atom. The van der Waals surface area contributed by atoms with E-state index in [0.717, 1.165) is 24.1 Å². The van der Waals surface area contributed by atoms with Crippen LogP contribution in [0.2, 0.25) is 0 Å². The molecule has 7 heteroatoms. The SMILES string of the molecule is COc1ccc(OC)c(NC(=O)C(C)C2CCN(C(=O)Nc3ccc(C)cc3)CC2)c1. The van der Waals surface area contributed by atoms with E-state index in [1.807, 2.05) is 43.0 Å². The molecule has 1 atom stereocenters. The highest BCUT2D eigenvalue weighted by atomic mass is 16.5. The molecule has 31 heavy (non-hydrogen) atoms. The van der Waals surface area contributed by atoms with Crippen molar-refractivity contribution in [3.8, 4) is 11.5 Å². The van der Waals surface area contributed by atoms with Gasteiger partial charge in [0.2, 0.25) is 5.91 Å². The number of ether oxygens (including phenoxy) is 2. The van der Waals surface area contributed by atoms with Gasteiger partial charge >= 0.3 is 6.03 Å². The van der Waals surface area contributed by atoms with Gasteiger partial charge in [-0.3, -0.25) is 4.79 Å². The molecule has 2 aromatic rings. The van der Waals surface area contributed by atoms with Crippen molar-refractivity contribution in [3.05, 3.63) is 48.0 Å². The van der Waals surface area contributed by atoms with E-state index in [1.54, 1.807) is 32.4 Å². The molecule has 166 valence electrons. The lowest BCUT2D eigenvalue weighted by atomic mass is 9.85. The van der Waals surface area contributed by atoms with Gasteiger partial charge < -0.3 is 25.0 Å². The van der Waals surface area contributed by atoms with Crippen LogP contribution in [0.4, 0.5) is 16.2 Å². The molecule has 0 radical (unpaired) electrons. The average molecular weight is 426 g/mol. The first-order chi connectivity index (χ1) is 14.9. The number of piperidine rings is 1. The monoisotopic (exact) mass is 425 g/mol. The van der Waals surface area contributed by atoms with Crippen molar-refractivity contribution in [2.24, 2.45) is 11.8 Å². The maximum Gasteiger partial charge on any atom is 0.321 e. The molecule has 1 unspecified atom stereocenters. The molecule has 2 N–H and O–H groups in total. The van der Waals surface area contributed by atoms with E-state index in [4.69, 9.17) is 9.47 Å². The van der Waals surface area contributed by atoms with Crippen molar-refractivity contribution in [1.29, 1.82) is 0 Å². The Bertz CT molecular complexity index is 906. The predicted octanol–water partition coefficient (Wildman–Crippen LogP) is 4.53. The first-order valence-electron chi connectivity index (χ1n) is 10.6. The molecule has 1 aliphatic heterocycles. The van der Waals surface area contributed by atoms with Gasteiger partial charge in [-0.1, -0.05) is 24.6 Å². The molecule has 0 bridgehead atoms. The topological polar surface area (TPSA) is 79.9 Å². The fourth-order valence-corrected chi connectivity index (χ4v) is 3.81. The number of likely N-dealkylation sites (tertiary alicyclic amines) is 1. The second kappa shape index (κ2) is 10.2. The fourth-order valence-electron chi connectivity index (χ4n) is 3.81. The van der Waals surface area contributed by atoms with Crippen LogP contribution in [0.5, 0.6) is 11.5 Å². The van der Waals surface area contributed by atoms with Crippen LogP contribution in [-0.2, 0) is 4.79 Å².